The smallest absolute Gasteiger partial charge is 0.183 e. The van der Waals surface area contributed by atoms with Crippen LogP contribution in [0, 0.1) is 51.0 Å². The fourth-order valence-corrected chi connectivity index (χ4v) is 12.5. The van der Waals surface area contributed by atoms with E-state index < -0.39 is 23.3 Å². The van der Waals surface area contributed by atoms with Gasteiger partial charge in [0, 0.05) is 70.7 Å². The molecule has 0 radical (unpaired) electrons. The van der Waals surface area contributed by atoms with Crippen LogP contribution in [-0.2, 0) is 0 Å². The normalized spacial score (nSPS) is 15.6. The number of nitrogens with zero attached hydrogens (tertiary/aromatic N) is 16. The van der Waals surface area contributed by atoms with E-state index >= 15 is 0 Å². The molecule has 0 unspecified atom stereocenters. The summed E-state index contributed by atoms with van der Waals surface area (Å²) in [5.41, 5.74) is 5.54. The van der Waals surface area contributed by atoms with E-state index in [1.807, 2.05) is 52.0 Å². The Morgan fingerprint density at radius 3 is 0.755 bits per heavy atom. The fraction of sp³-hybridized carbons (Fsp3) is 0.394. The van der Waals surface area contributed by atoms with Gasteiger partial charge in [-0.15, -0.1) is 0 Å². The second kappa shape index (κ2) is 28.3. The number of nitrogens with one attached hydrogen (secondary N) is 8. The van der Waals surface area contributed by atoms with Crippen LogP contribution in [0.4, 0.5) is 64.1 Å². The van der Waals surface area contributed by atoms with Crippen LogP contribution >= 0.6 is 0 Å². The summed E-state index contributed by atoms with van der Waals surface area (Å²) in [4.78, 5) is 52.8. The van der Waals surface area contributed by atoms with Gasteiger partial charge in [0.15, 0.2) is 22.6 Å². The maximum Gasteiger partial charge on any atom is 0.183 e. The summed E-state index contributed by atoms with van der Waals surface area (Å²) in [6.07, 6.45) is 26.3. The first kappa shape index (κ1) is 62.5. The number of H-pyrrole nitrogens is 4. The lowest BCUT2D eigenvalue weighted by atomic mass is 9.85. The second-order valence-corrected chi connectivity index (χ2v) is 24.6. The van der Waals surface area contributed by atoms with Crippen LogP contribution < -0.4 is 21.3 Å². The lowest BCUT2D eigenvalue weighted by Gasteiger charge is -2.24. The van der Waals surface area contributed by atoms with Gasteiger partial charge in [-0.3, -0.25) is 20.4 Å². The van der Waals surface area contributed by atoms with Crippen LogP contribution in [0.25, 0.3) is 44.1 Å². The van der Waals surface area contributed by atoms with E-state index in [0.717, 1.165) is 122 Å². The van der Waals surface area contributed by atoms with Gasteiger partial charge in [-0.1, -0.05) is 64.2 Å². The minimum absolute atomic E-state index is 0.394. The quantitative estimate of drug-likeness (QED) is 0.0416. The number of fused-ring (bicyclic) bond motifs is 4. The van der Waals surface area contributed by atoms with Gasteiger partial charge in [0.25, 0.3) is 0 Å². The first-order valence-electron chi connectivity index (χ1n) is 32.2. The highest BCUT2D eigenvalue weighted by Crippen LogP contribution is 2.38. The molecule has 12 aromatic heterocycles. The molecule has 0 bridgehead atoms. The topological polar surface area (TPSA) is 318 Å². The molecule has 28 heteroatoms. The minimum Gasteiger partial charge on any atom is -0.325 e. The molecule has 4 fully saturated rings. The van der Waals surface area contributed by atoms with Gasteiger partial charge < -0.3 is 21.3 Å². The van der Waals surface area contributed by atoms with Gasteiger partial charge in [-0.2, -0.15) is 20.4 Å². The molecule has 0 aliphatic heterocycles. The van der Waals surface area contributed by atoms with Crippen LogP contribution in [0.15, 0.2) is 73.3 Å². The summed E-state index contributed by atoms with van der Waals surface area (Å²) in [5, 5.41) is 42.9. The maximum atomic E-state index is 13.5. The number of rotatable bonds is 12. The predicted molar refractivity (Wildman–Crippen MR) is 350 cm³/mol. The lowest BCUT2D eigenvalue weighted by molar-refractivity contribution is 0.401. The van der Waals surface area contributed by atoms with Crippen molar-refractivity contribution in [2.75, 3.05) is 21.3 Å². The SMILES string of the molecule is Cc1cc(Nc2[nH]nc3ncc(F)cc23)nc(C2CCC2)n1.Cc1cc(Nc2[nH]nc3ncc(F)cc23)nc(C2CCCC2)n1.Cc1cc(Nc2[nH]nc3ncc(F)cc23)nc(C2CCCCC2)n1.Cc1cc(Nc2[nH]nc3ncc(F)cc23)nc(C2CCCCCC2)n1. The third-order valence-electron chi connectivity index (χ3n) is 17.4. The van der Waals surface area contributed by atoms with Crippen molar-refractivity contribution in [3.05, 3.63) is 143 Å². The molecule has 4 aliphatic rings. The Morgan fingerprint density at radius 2 is 0.521 bits per heavy atom. The molecule has 8 N–H and O–H groups in total. The molecule has 484 valence electrons. The van der Waals surface area contributed by atoms with E-state index in [2.05, 4.69) is 117 Å². The highest BCUT2D eigenvalue weighted by atomic mass is 19.1. The molecular formula is C66H72F4N24. The second-order valence-electron chi connectivity index (χ2n) is 24.6. The van der Waals surface area contributed by atoms with E-state index in [-0.39, 0.29) is 0 Å². The molecule has 0 spiro atoms. The highest BCUT2D eigenvalue weighted by molar-refractivity contribution is 5.91. The Labute approximate surface area is 537 Å². The number of pyridine rings is 4. The average molecular weight is 1280 g/mol. The van der Waals surface area contributed by atoms with Crippen molar-refractivity contribution in [1.82, 2.24) is 101 Å². The first-order chi connectivity index (χ1) is 45.7. The summed E-state index contributed by atoms with van der Waals surface area (Å²) in [6.45, 7) is 7.84. The van der Waals surface area contributed by atoms with Gasteiger partial charge in [0.2, 0.25) is 0 Å². The van der Waals surface area contributed by atoms with E-state index in [1.54, 1.807) is 0 Å². The average Bonchev–Trinajstić information content (AvgIpc) is 1.67. The first-order valence-corrected chi connectivity index (χ1v) is 32.2. The number of hydrogen-bond acceptors (Lipinski definition) is 20. The molecule has 12 aromatic rings. The summed E-state index contributed by atoms with van der Waals surface area (Å²) < 4.78 is 53.7. The van der Waals surface area contributed by atoms with Gasteiger partial charge in [0.05, 0.1) is 46.3 Å². The standard InChI is InChI=1S/C18H21FN6.C17H19FN6.C16H17FN6.C15H15FN6/c1-11-8-15(22-16(21-11)12-6-4-2-3-5-7-12)23-18-14-9-13(19)10-20-17(14)24-25-18;1-10-7-14(21-15(20-10)11-5-3-2-4-6-11)22-17-13-8-12(18)9-19-16(13)23-24-17;1-9-6-13(20-14(19-9)10-4-2-3-5-10)21-16-12-7-11(17)8-18-15(12)22-23-16;1-8-5-12(19-13(18-8)9-3-2-4-9)20-15-11-6-10(16)7-17-14(11)21-22-15/h8-10,12H,2-7H2,1H3,(H2,20,21,22,23,24,25);7-9,11H,2-6H2,1H3,(H2,19,20,21,22,23,24);6-8,10H,2-5H2,1H3,(H2,18,19,20,21,22,23);5-7,9H,2-4H2,1H3,(H2,17,18,19,20,21,22). The molecule has 0 saturated heterocycles. The van der Waals surface area contributed by atoms with E-state index in [0.29, 0.717) is 114 Å². The Kier molecular flexibility index (Phi) is 18.8. The summed E-state index contributed by atoms with van der Waals surface area (Å²) in [6, 6.07) is 13.1. The van der Waals surface area contributed by atoms with Crippen molar-refractivity contribution in [3.8, 4) is 0 Å². The van der Waals surface area contributed by atoms with E-state index in [9.17, 15) is 17.6 Å². The molecule has 0 atom stereocenters. The van der Waals surface area contributed by atoms with Crippen molar-refractivity contribution in [2.45, 2.75) is 167 Å². The van der Waals surface area contributed by atoms with Gasteiger partial charge in [-0.25, -0.2) is 77.4 Å². The number of aromatic nitrogens is 20. The number of anilines is 8. The van der Waals surface area contributed by atoms with Crippen LogP contribution in [0.3, 0.4) is 0 Å². The predicted octanol–water partition coefficient (Wildman–Crippen LogP) is 15.2. The number of halogens is 4. The zero-order valence-electron chi connectivity index (χ0n) is 52.6. The third kappa shape index (κ3) is 15.1. The Hall–Kier alpha value is -10.3. The monoisotopic (exact) mass is 1280 g/mol. The zero-order valence-corrected chi connectivity index (χ0v) is 52.6. The van der Waals surface area contributed by atoms with Crippen LogP contribution in [0.5, 0.6) is 0 Å². The molecule has 94 heavy (non-hydrogen) atoms. The van der Waals surface area contributed by atoms with Crippen molar-refractivity contribution in [1.29, 1.82) is 0 Å². The minimum atomic E-state index is -0.397. The van der Waals surface area contributed by atoms with Crippen molar-refractivity contribution < 1.29 is 17.6 Å². The number of hydrogen-bond donors (Lipinski definition) is 8. The Balaban J connectivity index is 0.000000114. The summed E-state index contributed by atoms with van der Waals surface area (Å²) in [7, 11) is 0. The van der Waals surface area contributed by atoms with Crippen molar-refractivity contribution in [3.63, 3.8) is 0 Å². The lowest BCUT2D eigenvalue weighted by Crippen LogP contribution is -2.14. The number of aryl methyl sites for hydroxylation is 4. The van der Waals surface area contributed by atoms with Gasteiger partial charge in [-0.05, 0) is 103 Å². The summed E-state index contributed by atoms with van der Waals surface area (Å²) >= 11 is 0. The zero-order chi connectivity index (χ0) is 64.7. The van der Waals surface area contributed by atoms with Crippen molar-refractivity contribution in [2.24, 2.45) is 0 Å². The summed E-state index contributed by atoms with van der Waals surface area (Å²) in [5.74, 6) is 8.82. The Morgan fingerprint density at radius 1 is 0.298 bits per heavy atom. The molecular weight excluding hydrogens is 1200 g/mol. The molecule has 0 amide bonds. The molecule has 12 heterocycles. The molecule has 4 aliphatic carbocycles. The molecule has 16 rings (SSSR count). The molecule has 0 aromatic carbocycles. The molecule has 24 nitrogen and oxygen atoms in total. The Bertz CT molecular complexity index is 4600. The van der Waals surface area contributed by atoms with Crippen LogP contribution in [0.2, 0.25) is 0 Å². The largest absolute Gasteiger partial charge is 0.325 e. The third-order valence-corrected chi connectivity index (χ3v) is 17.4. The van der Waals surface area contributed by atoms with Crippen LogP contribution in [0.1, 0.15) is 185 Å². The number of aromatic amines is 4. The maximum absolute atomic E-state index is 13.5. The fourth-order valence-electron chi connectivity index (χ4n) is 12.5. The van der Waals surface area contributed by atoms with E-state index in [4.69, 9.17) is 4.98 Å². The van der Waals surface area contributed by atoms with Crippen molar-refractivity contribution >= 4 is 90.7 Å². The van der Waals surface area contributed by atoms with E-state index in [1.165, 1.54) is 88.5 Å². The van der Waals surface area contributed by atoms with Crippen LogP contribution in [-0.4, -0.2) is 101 Å². The van der Waals surface area contributed by atoms with Gasteiger partial charge in [0.1, 0.15) is 93.1 Å². The molecule has 4 saturated carbocycles. The van der Waals surface area contributed by atoms with Gasteiger partial charge >= 0.3 is 0 Å². The highest BCUT2D eigenvalue weighted by Gasteiger charge is 2.25.